The molecule has 0 unspecified atom stereocenters. The van der Waals surface area contributed by atoms with Crippen LogP contribution >= 0.6 is 0 Å². The van der Waals surface area contributed by atoms with E-state index in [0.717, 1.165) is 89.9 Å². The van der Waals surface area contributed by atoms with E-state index in [1.165, 1.54) is 51.4 Å². The molecular formula is C26H48N4O2. The predicted molar refractivity (Wildman–Crippen MR) is 131 cm³/mol. The number of nitrogens with one attached hydrogen (secondary N) is 2. The topological polar surface area (TPSA) is 64.7 Å². The second-order valence-electron chi connectivity index (χ2n) is 10.5. The van der Waals surface area contributed by atoms with Crippen LogP contribution in [0.25, 0.3) is 0 Å². The molecule has 2 aliphatic carbocycles. The van der Waals surface area contributed by atoms with Gasteiger partial charge in [0.15, 0.2) is 0 Å². The summed E-state index contributed by atoms with van der Waals surface area (Å²) >= 11 is 0. The lowest BCUT2D eigenvalue weighted by molar-refractivity contribution is -0.122. The molecule has 0 aromatic heterocycles. The molecule has 0 bridgehead atoms. The highest BCUT2D eigenvalue weighted by molar-refractivity contribution is 5.76. The summed E-state index contributed by atoms with van der Waals surface area (Å²) in [5, 5.41) is 6.23. The van der Waals surface area contributed by atoms with Crippen LogP contribution in [0, 0.1) is 11.8 Å². The minimum absolute atomic E-state index is 0.243. The van der Waals surface area contributed by atoms with Crippen LogP contribution in [0.1, 0.15) is 89.9 Å². The molecule has 0 aromatic carbocycles. The van der Waals surface area contributed by atoms with Gasteiger partial charge in [0, 0.05) is 52.1 Å². The van der Waals surface area contributed by atoms with E-state index >= 15 is 0 Å². The fourth-order valence-corrected chi connectivity index (χ4v) is 5.74. The summed E-state index contributed by atoms with van der Waals surface area (Å²) in [7, 11) is 0. The molecule has 2 saturated carbocycles. The molecule has 0 radical (unpaired) electrons. The Hall–Kier alpha value is -1.14. The van der Waals surface area contributed by atoms with Gasteiger partial charge in [-0.3, -0.25) is 9.59 Å². The van der Waals surface area contributed by atoms with Crippen LogP contribution in [0.2, 0.25) is 0 Å². The predicted octanol–water partition coefficient (Wildman–Crippen LogP) is 3.56. The first-order chi connectivity index (χ1) is 15.7. The lowest BCUT2D eigenvalue weighted by atomic mass is 10.0. The minimum atomic E-state index is 0.243. The largest absolute Gasteiger partial charge is 0.356 e. The summed E-state index contributed by atoms with van der Waals surface area (Å²) < 4.78 is 0. The van der Waals surface area contributed by atoms with Crippen molar-refractivity contribution in [2.24, 2.45) is 11.8 Å². The third kappa shape index (κ3) is 10.2. The summed E-state index contributed by atoms with van der Waals surface area (Å²) in [5.74, 6) is 2.09. The van der Waals surface area contributed by atoms with E-state index in [2.05, 4.69) is 20.4 Å². The summed E-state index contributed by atoms with van der Waals surface area (Å²) in [4.78, 5) is 29.0. The van der Waals surface area contributed by atoms with Crippen molar-refractivity contribution in [1.82, 2.24) is 20.4 Å². The van der Waals surface area contributed by atoms with Gasteiger partial charge in [0.2, 0.25) is 11.8 Å². The number of nitrogens with zero attached hydrogens (tertiary/aromatic N) is 2. The first kappa shape index (κ1) is 25.5. The van der Waals surface area contributed by atoms with Crippen LogP contribution in [-0.4, -0.2) is 74.0 Å². The number of amides is 2. The Kier molecular flexibility index (Phi) is 11.9. The van der Waals surface area contributed by atoms with Crippen LogP contribution in [0.5, 0.6) is 0 Å². The monoisotopic (exact) mass is 448 g/mol. The number of carbonyl (C=O) groups excluding carboxylic acids is 2. The van der Waals surface area contributed by atoms with Crippen molar-refractivity contribution in [2.75, 3.05) is 52.4 Å². The van der Waals surface area contributed by atoms with Gasteiger partial charge in [0.25, 0.3) is 0 Å². The van der Waals surface area contributed by atoms with Gasteiger partial charge in [0.1, 0.15) is 0 Å². The molecule has 0 spiro atoms. The highest BCUT2D eigenvalue weighted by Crippen LogP contribution is 2.29. The smallest absolute Gasteiger partial charge is 0.220 e. The lowest BCUT2D eigenvalue weighted by Crippen LogP contribution is -2.47. The number of hydrogen-bond acceptors (Lipinski definition) is 4. The molecule has 1 heterocycles. The average Bonchev–Trinajstić information content (AvgIpc) is 3.52. The number of carbonyl (C=O) groups is 2. The van der Waals surface area contributed by atoms with E-state index in [-0.39, 0.29) is 11.8 Å². The standard InChI is InChI=1S/C26H48N4O2/c31-25(13-11-23-7-1-2-8-23)27-15-5-17-29-19-21-30(22-20-29)18-6-16-28-26(32)14-12-24-9-3-4-10-24/h23-24H,1-22H2,(H,27,31)(H,28,32). The molecule has 32 heavy (non-hydrogen) atoms. The average molecular weight is 449 g/mol. The van der Waals surface area contributed by atoms with Gasteiger partial charge < -0.3 is 20.4 Å². The summed E-state index contributed by atoms with van der Waals surface area (Å²) in [6.07, 6.45) is 16.4. The molecule has 184 valence electrons. The Morgan fingerprint density at radius 3 is 1.38 bits per heavy atom. The lowest BCUT2D eigenvalue weighted by Gasteiger charge is -2.34. The van der Waals surface area contributed by atoms with Crippen LogP contribution in [0.15, 0.2) is 0 Å². The van der Waals surface area contributed by atoms with Gasteiger partial charge in [-0.05, 0) is 50.6 Å². The maximum Gasteiger partial charge on any atom is 0.220 e. The Morgan fingerprint density at radius 2 is 1.00 bits per heavy atom. The van der Waals surface area contributed by atoms with Gasteiger partial charge in [-0.25, -0.2) is 0 Å². The van der Waals surface area contributed by atoms with E-state index in [1.807, 2.05) is 0 Å². The molecule has 3 rings (SSSR count). The van der Waals surface area contributed by atoms with E-state index in [1.54, 1.807) is 0 Å². The zero-order valence-electron chi connectivity index (χ0n) is 20.4. The maximum absolute atomic E-state index is 12.0. The summed E-state index contributed by atoms with van der Waals surface area (Å²) in [6, 6.07) is 0. The molecule has 1 saturated heterocycles. The van der Waals surface area contributed by atoms with Crippen LogP contribution in [-0.2, 0) is 9.59 Å². The molecular weight excluding hydrogens is 400 g/mol. The van der Waals surface area contributed by atoms with Gasteiger partial charge in [-0.1, -0.05) is 51.4 Å². The first-order valence-electron chi connectivity index (χ1n) is 13.7. The third-order valence-electron chi connectivity index (χ3n) is 7.92. The molecule has 2 amide bonds. The summed E-state index contributed by atoms with van der Waals surface area (Å²) in [6.45, 7) is 8.23. The van der Waals surface area contributed by atoms with E-state index in [4.69, 9.17) is 0 Å². The van der Waals surface area contributed by atoms with E-state index in [9.17, 15) is 9.59 Å². The fourth-order valence-electron chi connectivity index (χ4n) is 5.74. The molecule has 3 fully saturated rings. The zero-order valence-corrected chi connectivity index (χ0v) is 20.4. The SMILES string of the molecule is O=C(CCC1CCCC1)NCCCN1CCN(CCCNC(=O)CCC2CCCC2)CC1. The van der Waals surface area contributed by atoms with Crippen LogP contribution < -0.4 is 10.6 Å². The van der Waals surface area contributed by atoms with Gasteiger partial charge in [-0.2, -0.15) is 0 Å². The number of piperazine rings is 1. The van der Waals surface area contributed by atoms with Crippen molar-refractivity contribution in [3.8, 4) is 0 Å². The molecule has 2 N–H and O–H groups in total. The van der Waals surface area contributed by atoms with Crippen molar-refractivity contribution in [2.45, 2.75) is 89.9 Å². The second-order valence-corrected chi connectivity index (χ2v) is 10.5. The zero-order chi connectivity index (χ0) is 22.4. The number of hydrogen-bond donors (Lipinski definition) is 2. The fraction of sp³-hybridized carbons (Fsp3) is 0.923. The molecule has 6 heteroatoms. The number of rotatable bonds is 14. The minimum Gasteiger partial charge on any atom is -0.356 e. The van der Waals surface area contributed by atoms with Crippen molar-refractivity contribution >= 4 is 11.8 Å². The van der Waals surface area contributed by atoms with Crippen LogP contribution in [0.3, 0.4) is 0 Å². The van der Waals surface area contributed by atoms with Crippen molar-refractivity contribution in [3.05, 3.63) is 0 Å². The van der Waals surface area contributed by atoms with Crippen molar-refractivity contribution < 1.29 is 9.59 Å². The first-order valence-corrected chi connectivity index (χ1v) is 13.7. The quantitative estimate of drug-likeness (QED) is 0.399. The molecule has 6 nitrogen and oxygen atoms in total. The second kappa shape index (κ2) is 14.9. The molecule has 0 atom stereocenters. The van der Waals surface area contributed by atoms with Gasteiger partial charge >= 0.3 is 0 Å². The summed E-state index contributed by atoms with van der Waals surface area (Å²) in [5.41, 5.74) is 0. The van der Waals surface area contributed by atoms with Crippen LogP contribution in [0.4, 0.5) is 0 Å². The van der Waals surface area contributed by atoms with E-state index < -0.39 is 0 Å². The Morgan fingerprint density at radius 1 is 0.625 bits per heavy atom. The highest BCUT2D eigenvalue weighted by Gasteiger charge is 2.18. The Bertz CT molecular complexity index is 488. The molecule has 3 aliphatic rings. The Labute approximate surface area is 196 Å². The van der Waals surface area contributed by atoms with Crippen molar-refractivity contribution in [3.63, 3.8) is 0 Å². The molecule has 1 aliphatic heterocycles. The third-order valence-corrected chi connectivity index (χ3v) is 7.92. The van der Waals surface area contributed by atoms with Crippen molar-refractivity contribution in [1.29, 1.82) is 0 Å². The van der Waals surface area contributed by atoms with E-state index in [0.29, 0.717) is 12.8 Å². The Balaban J connectivity index is 1.11. The van der Waals surface area contributed by atoms with Gasteiger partial charge in [-0.15, -0.1) is 0 Å². The normalized spacial score (nSPS) is 21.2. The van der Waals surface area contributed by atoms with Gasteiger partial charge in [0.05, 0.1) is 0 Å². The maximum atomic E-state index is 12.0. The highest BCUT2D eigenvalue weighted by atomic mass is 16.2. The molecule has 0 aromatic rings.